The van der Waals surface area contributed by atoms with Crippen molar-refractivity contribution in [1.82, 2.24) is 19.8 Å². The zero-order valence-corrected chi connectivity index (χ0v) is 16.5. The van der Waals surface area contributed by atoms with Gasteiger partial charge in [-0.15, -0.1) is 0 Å². The number of aromatic amines is 1. The van der Waals surface area contributed by atoms with Crippen LogP contribution in [0.5, 0.6) is 5.75 Å². The number of aryl methyl sites for hydroxylation is 1. The predicted molar refractivity (Wildman–Crippen MR) is 110 cm³/mol. The number of H-pyrrole nitrogens is 1. The highest BCUT2D eigenvalue weighted by Gasteiger charge is 2.28. The molecule has 2 amide bonds. The molecule has 1 saturated heterocycles. The van der Waals surface area contributed by atoms with Crippen LogP contribution >= 0.6 is 0 Å². The van der Waals surface area contributed by atoms with Gasteiger partial charge in [-0.2, -0.15) is 0 Å². The molecule has 5 rings (SSSR count). The fourth-order valence-electron chi connectivity index (χ4n) is 4.01. The van der Waals surface area contributed by atoms with Crippen LogP contribution in [0.3, 0.4) is 0 Å². The number of hydrogen-bond acceptors (Lipinski definition) is 4. The van der Waals surface area contributed by atoms with Crippen molar-refractivity contribution in [3.8, 4) is 5.75 Å². The maximum Gasteiger partial charge on any atom is 0.270 e. The summed E-state index contributed by atoms with van der Waals surface area (Å²) in [6.45, 7) is 2.83. The lowest BCUT2D eigenvalue weighted by Crippen LogP contribution is -2.42. The molecule has 0 saturated carbocycles. The van der Waals surface area contributed by atoms with Crippen molar-refractivity contribution >= 4 is 34.2 Å². The van der Waals surface area contributed by atoms with Gasteiger partial charge in [-0.3, -0.25) is 9.59 Å². The smallest absolute Gasteiger partial charge is 0.270 e. The molecule has 0 unspecified atom stereocenters. The van der Waals surface area contributed by atoms with E-state index in [1.807, 2.05) is 34.8 Å². The second-order valence-corrected chi connectivity index (χ2v) is 7.48. The van der Waals surface area contributed by atoms with Crippen molar-refractivity contribution in [3.05, 3.63) is 41.7 Å². The third-order valence-electron chi connectivity index (χ3n) is 5.74. The quantitative estimate of drug-likeness (QED) is 0.715. The average molecular weight is 393 g/mol. The highest BCUT2D eigenvalue weighted by atomic mass is 16.5. The number of fused-ring (bicyclic) bond motifs is 2. The Morgan fingerprint density at radius 3 is 2.72 bits per heavy atom. The number of amides is 2. The van der Waals surface area contributed by atoms with Gasteiger partial charge < -0.3 is 29.4 Å². The number of carbonyl (C=O) groups excluding carboxylic acids is 2. The average Bonchev–Trinajstić information content (AvgIpc) is 3.27. The molecule has 150 valence electrons. The molecule has 29 heavy (non-hydrogen) atoms. The minimum Gasteiger partial charge on any atom is -0.488 e. The van der Waals surface area contributed by atoms with E-state index in [0.29, 0.717) is 30.2 Å². The third-order valence-corrected chi connectivity index (χ3v) is 5.74. The van der Waals surface area contributed by atoms with E-state index in [9.17, 15) is 9.59 Å². The zero-order chi connectivity index (χ0) is 20.1. The van der Waals surface area contributed by atoms with Crippen LogP contribution in [0.4, 0.5) is 11.5 Å². The van der Waals surface area contributed by atoms with E-state index < -0.39 is 0 Å². The van der Waals surface area contributed by atoms with Crippen LogP contribution in [0.15, 0.2) is 30.5 Å². The lowest BCUT2D eigenvalue weighted by Gasteiger charge is -2.30. The number of aromatic nitrogens is 2. The first-order valence-corrected chi connectivity index (χ1v) is 9.80. The van der Waals surface area contributed by atoms with Gasteiger partial charge in [-0.25, -0.2) is 0 Å². The monoisotopic (exact) mass is 393 g/mol. The van der Waals surface area contributed by atoms with Crippen molar-refractivity contribution < 1.29 is 14.3 Å². The minimum absolute atomic E-state index is 0.0160. The number of hydrogen-bond donors (Lipinski definition) is 2. The van der Waals surface area contributed by atoms with Gasteiger partial charge in [0.1, 0.15) is 12.3 Å². The molecule has 0 bridgehead atoms. The number of likely N-dealkylation sites (tertiary alicyclic amines) is 1. The zero-order valence-electron chi connectivity index (χ0n) is 16.5. The second-order valence-electron chi connectivity index (χ2n) is 7.48. The first kappa shape index (κ1) is 17.7. The summed E-state index contributed by atoms with van der Waals surface area (Å²) in [6, 6.07) is 7.84. The standard InChI is InChI=1S/C21H23N5O3/c1-22-20(27)15-12-24(2)17-10-13(4-5-14(15)17)26-8-9-29-18-11-16(23-19(18)26)21(28)25-6-3-7-25/h4-5,10-12,23H,3,6-9H2,1-2H3,(H,22,27). The van der Waals surface area contributed by atoms with Crippen LogP contribution in [-0.2, 0) is 7.05 Å². The molecule has 2 aliphatic heterocycles. The normalized spacial score (nSPS) is 15.7. The summed E-state index contributed by atoms with van der Waals surface area (Å²) in [5, 5.41) is 3.60. The Bertz CT molecular complexity index is 1120. The SMILES string of the molecule is CNC(=O)c1cn(C)c2cc(N3CCOc4cc(C(=O)N5CCC5)[nH]c43)ccc12. The predicted octanol–water partition coefficient (Wildman–Crippen LogP) is 2.24. The van der Waals surface area contributed by atoms with E-state index >= 15 is 0 Å². The van der Waals surface area contributed by atoms with E-state index in [2.05, 4.69) is 21.3 Å². The van der Waals surface area contributed by atoms with E-state index in [1.54, 1.807) is 13.1 Å². The molecule has 8 nitrogen and oxygen atoms in total. The van der Waals surface area contributed by atoms with Gasteiger partial charge in [0.25, 0.3) is 11.8 Å². The molecule has 3 aromatic rings. The maximum absolute atomic E-state index is 12.6. The Kier molecular flexibility index (Phi) is 4.01. The van der Waals surface area contributed by atoms with Crippen molar-refractivity contribution in [3.63, 3.8) is 0 Å². The fourth-order valence-corrected chi connectivity index (χ4v) is 4.01. The largest absolute Gasteiger partial charge is 0.488 e. The first-order valence-electron chi connectivity index (χ1n) is 9.80. The molecular formula is C21H23N5O3. The number of rotatable bonds is 3. The van der Waals surface area contributed by atoms with Gasteiger partial charge in [0.05, 0.1) is 17.6 Å². The van der Waals surface area contributed by atoms with E-state index in [-0.39, 0.29) is 11.8 Å². The van der Waals surface area contributed by atoms with Crippen LogP contribution in [0.25, 0.3) is 10.9 Å². The van der Waals surface area contributed by atoms with Gasteiger partial charge in [-0.05, 0) is 24.6 Å². The van der Waals surface area contributed by atoms with Crippen molar-refractivity contribution in [1.29, 1.82) is 0 Å². The summed E-state index contributed by atoms with van der Waals surface area (Å²) in [6.07, 6.45) is 2.90. The summed E-state index contributed by atoms with van der Waals surface area (Å²) in [4.78, 5) is 32.0. The Morgan fingerprint density at radius 2 is 2.00 bits per heavy atom. The van der Waals surface area contributed by atoms with Crippen molar-refractivity contribution in [2.24, 2.45) is 7.05 Å². The number of benzene rings is 1. The molecule has 0 aliphatic carbocycles. The van der Waals surface area contributed by atoms with Gasteiger partial charge in [-0.1, -0.05) is 0 Å². The molecular weight excluding hydrogens is 370 g/mol. The van der Waals surface area contributed by atoms with Crippen LogP contribution in [-0.4, -0.2) is 59.6 Å². The van der Waals surface area contributed by atoms with Crippen LogP contribution in [0.1, 0.15) is 27.3 Å². The van der Waals surface area contributed by atoms with Gasteiger partial charge in [0, 0.05) is 50.5 Å². The molecule has 0 spiro atoms. The summed E-state index contributed by atoms with van der Waals surface area (Å²) < 4.78 is 7.75. The summed E-state index contributed by atoms with van der Waals surface area (Å²) in [5.41, 5.74) is 3.17. The minimum atomic E-state index is -0.101. The van der Waals surface area contributed by atoms with Crippen LogP contribution in [0.2, 0.25) is 0 Å². The molecule has 0 radical (unpaired) electrons. The van der Waals surface area contributed by atoms with Gasteiger partial charge in [0.15, 0.2) is 11.6 Å². The van der Waals surface area contributed by atoms with E-state index in [4.69, 9.17) is 4.74 Å². The molecule has 4 heterocycles. The Labute approximate surface area is 168 Å². The summed E-state index contributed by atoms with van der Waals surface area (Å²) in [7, 11) is 3.57. The van der Waals surface area contributed by atoms with Gasteiger partial charge in [0.2, 0.25) is 0 Å². The fraction of sp³-hybridized carbons (Fsp3) is 0.333. The van der Waals surface area contributed by atoms with Crippen LogP contribution in [0, 0.1) is 0 Å². The number of nitrogens with zero attached hydrogens (tertiary/aromatic N) is 3. The first-order chi connectivity index (χ1) is 14.1. The highest BCUT2D eigenvalue weighted by molar-refractivity contribution is 6.07. The lowest BCUT2D eigenvalue weighted by molar-refractivity contribution is 0.0646. The number of anilines is 2. The van der Waals surface area contributed by atoms with E-state index in [1.165, 1.54) is 0 Å². The number of nitrogens with one attached hydrogen (secondary N) is 2. The molecule has 0 atom stereocenters. The summed E-state index contributed by atoms with van der Waals surface area (Å²) in [5.74, 6) is 1.40. The maximum atomic E-state index is 12.6. The highest BCUT2D eigenvalue weighted by Crippen LogP contribution is 2.38. The topological polar surface area (TPSA) is 82.6 Å². The second kappa shape index (κ2) is 6.58. The molecule has 2 aliphatic rings. The Morgan fingerprint density at radius 1 is 1.17 bits per heavy atom. The molecule has 8 heteroatoms. The molecule has 2 aromatic heterocycles. The van der Waals surface area contributed by atoms with E-state index in [0.717, 1.165) is 41.9 Å². The molecule has 2 N–H and O–H groups in total. The lowest BCUT2D eigenvalue weighted by atomic mass is 10.1. The number of carbonyl (C=O) groups is 2. The molecule has 1 fully saturated rings. The number of ether oxygens (including phenoxy) is 1. The van der Waals surface area contributed by atoms with Gasteiger partial charge >= 0.3 is 0 Å². The molecule has 1 aromatic carbocycles. The third kappa shape index (κ3) is 2.74. The Hall–Kier alpha value is -3.42. The van der Waals surface area contributed by atoms with Crippen LogP contribution < -0.4 is 15.0 Å². The van der Waals surface area contributed by atoms with Crippen molar-refractivity contribution in [2.75, 3.05) is 38.2 Å². The Balaban J connectivity index is 1.53. The summed E-state index contributed by atoms with van der Waals surface area (Å²) >= 11 is 0. The van der Waals surface area contributed by atoms with Crippen molar-refractivity contribution in [2.45, 2.75) is 6.42 Å².